The molecule has 0 aromatic carbocycles. The lowest BCUT2D eigenvalue weighted by molar-refractivity contribution is -0.0874. The molecule has 0 rings (SSSR count). The molecule has 0 saturated heterocycles. The molecule has 0 saturated carbocycles. The summed E-state index contributed by atoms with van der Waals surface area (Å²) >= 11 is 0. The van der Waals surface area contributed by atoms with E-state index in [1.54, 1.807) is 0 Å². The Bertz CT molecular complexity index is 364. The van der Waals surface area contributed by atoms with Gasteiger partial charge in [-0.3, -0.25) is 9.13 Å². The van der Waals surface area contributed by atoms with E-state index in [2.05, 4.69) is 0 Å². The Morgan fingerprint density at radius 3 is 1.55 bits per heavy atom. The Labute approximate surface area is 118 Å². The number of rotatable bonds is 9. The Balaban J connectivity index is 5.87. The van der Waals surface area contributed by atoms with Crippen molar-refractivity contribution in [1.82, 2.24) is 4.90 Å². The van der Waals surface area contributed by atoms with Gasteiger partial charge in [0, 0.05) is 0 Å². The smallest absolute Gasteiger partial charge is 0.360 e. The summed E-state index contributed by atoms with van der Waals surface area (Å²) in [7, 11) is -9.30. The third-order valence-electron chi connectivity index (χ3n) is 2.33. The van der Waals surface area contributed by atoms with Gasteiger partial charge in [0.15, 0.2) is 0 Å². The van der Waals surface area contributed by atoms with Crippen LogP contribution in [-0.4, -0.2) is 56.1 Å². The summed E-state index contributed by atoms with van der Waals surface area (Å²) in [6.07, 6.45) is -2.94. The summed E-state index contributed by atoms with van der Waals surface area (Å²) < 4.78 is 34.1. The molecule has 0 bridgehead atoms. The van der Waals surface area contributed by atoms with Crippen LogP contribution in [0.25, 0.3) is 0 Å². The maximum Gasteiger partial charge on any atom is 0.360 e. The monoisotopic (exact) mass is 335 g/mol. The lowest BCUT2D eigenvalue weighted by atomic mass is 10.5. The summed E-state index contributed by atoms with van der Waals surface area (Å²) in [6.45, 7) is 5.10. The molecule has 11 heteroatoms. The molecule has 3 unspecified atom stereocenters. The van der Waals surface area contributed by atoms with Crippen molar-refractivity contribution in [1.29, 1.82) is 0 Å². The largest absolute Gasteiger partial charge is 0.379 e. The predicted molar refractivity (Wildman–Crippen MR) is 71.9 cm³/mol. The van der Waals surface area contributed by atoms with E-state index < -0.39 is 33.2 Å². The molecule has 0 radical (unpaired) electrons. The van der Waals surface area contributed by atoms with Crippen LogP contribution in [-0.2, 0) is 18.2 Å². The fraction of sp³-hybridized carbons (Fsp3) is 1.00. The highest BCUT2D eigenvalue weighted by Crippen LogP contribution is 2.67. The van der Waals surface area contributed by atoms with Crippen LogP contribution in [0.2, 0.25) is 0 Å². The molecular formula is C9H23NO8P2. The predicted octanol–water partition coefficient (Wildman–Crippen LogP) is 0.692. The number of aliphatic hydroxyl groups is 2. The summed E-state index contributed by atoms with van der Waals surface area (Å²) in [5.41, 5.74) is -2.09. The molecule has 4 N–H and O–H groups in total. The topological polar surface area (TPSA) is 137 Å². The Morgan fingerprint density at radius 1 is 1.00 bits per heavy atom. The molecule has 0 fully saturated rings. The van der Waals surface area contributed by atoms with Crippen molar-refractivity contribution in [3.05, 3.63) is 0 Å². The third kappa shape index (κ3) is 5.18. The van der Waals surface area contributed by atoms with Gasteiger partial charge < -0.3 is 29.0 Å². The van der Waals surface area contributed by atoms with E-state index in [4.69, 9.17) is 9.05 Å². The average molecular weight is 335 g/mol. The van der Waals surface area contributed by atoms with E-state index in [1.807, 2.05) is 0 Å². The third-order valence-corrected chi connectivity index (χ3v) is 7.02. The van der Waals surface area contributed by atoms with Gasteiger partial charge in [-0.2, -0.15) is 0 Å². The van der Waals surface area contributed by atoms with Gasteiger partial charge in [0.1, 0.15) is 12.5 Å². The quantitative estimate of drug-likeness (QED) is 0.354. The van der Waals surface area contributed by atoms with Crippen molar-refractivity contribution in [3.8, 4) is 0 Å². The van der Waals surface area contributed by atoms with E-state index in [9.17, 15) is 29.1 Å². The number of aliphatic hydroxyl groups excluding tert-OH is 2. The summed E-state index contributed by atoms with van der Waals surface area (Å²) in [6, 6.07) is 0. The van der Waals surface area contributed by atoms with Crippen molar-refractivity contribution >= 4 is 15.2 Å². The lowest BCUT2D eigenvalue weighted by Crippen LogP contribution is -2.47. The van der Waals surface area contributed by atoms with E-state index in [-0.39, 0.29) is 13.2 Å². The van der Waals surface area contributed by atoms with Gasteiger partial charge in [0.25, 0.3) is 0 Å². The molecule has 9 nitrogen and oxygen atoms in total. The molecule has 0 aromatic heterocycles. The molecule has 0 amide bonds. The highest BCUT2D eigenvalue weighted by molar-refractivity contribution is 7.71. The Morgan fingerprint density at radius 2 is 1.35 bits per heavy atom. The zero-order valence-electron chi connectivity index (χ0n) is 11.9. The molecule has 20 heavy (non-hydrogen) atoms. The SMILES string of the molecule is CCOP(=O)(OCC)C(N(C(C)O)C(C)O)P(=O)(O)O. The summed E-state index contributed by atoms with van der Waals surface area (Å²) in [5, 5.41) is 19.2. The van der Waals surface area contributed by atoms with Gasteiger partial charge in [-0.25, -0.2) is 4.90 Å². The van der Waals surface area contributed by atoms with Crippen molar-refractivity contribution in [2.75, 3.05) is 13.2 Å². The molecule has 122 valence electrons. The van der Waals surface area contributed by atoms with Crippen LogP contribution in [0.15, 0.2) is 0 Å². The highest BCUT2D eigenvalue weighted by Gasteiger charge is 2.53. The first-order valence-electron chi connectivity index (χ1n) is 6.08. The average Bonchev–Trinajstić information content (AvgIpc) is 2.23. The van der Waals surface area contributed by atoms with Crippen LogP contribution in [0.4, 0.5) is 0 Å². The standard InChI is InChI=1S/C9H23NO8P2/c1-5-17-20(16,18-6-2)9(19(13,14)15)10(7(3)11)8(4)12/h7-9,11-12H,5-6H2,1-4H3,(H2,13,14,15). The van der Waals surface area contributed by atoms with Gasteiger partial charge in [0.05, 0.1) is 13.2 Å². The summed E-state index contributed by atoms with van der Waals surface area (Å²) in [4.78, 5) is 19.5. The van der Waals surface area contributed by atoms with Crippen LogP contribution in [0.1, 0.15) is 27.7 Å². The van der Waals surface area contributed by atoms with Crippen molar-refractivity contribution in [3.63, 3.8) is 0 Å². The minimum absolute atomic E-state index is 0.110. The second-order valence-corrected chi connectivity index (χ2v) is 8.18. The minimum Gasteiger partial charge on any atom is -0.379 e. The maximum absolute atomic E-state index is 12.6. The minimum atomic E-state index is -5.03. The number of hydrogen-bond acceptors (Lipinski definition) is 7. The fourth-order valence-corrected chi connectivity index (χ4v) is 6.13. The molecular weight excluding hydrogens is 312 g/mol. The molecule has 0 aliphatic carbocycles. The van der Waals surface area contributed by atoms with Crippen LogP contribution in [0.5, 0.6) is 0 Å². The first-order chi connectivity index (χ1) is 9.01. The lowest BCUT2D eigenvalue weighted by Gasteiger charge is -2.38. The van der Waals surface area contributed by atoms with Crippen LogP contribution in [0, 0.1) is 0 Å². The summed E-state index contributed by atoms with van der Waals surface area (Å²) in [5.74, 6) is 0. The maximum atomic E-state index is 12.6. The van der Waals surface area contributed by atoms with Crippen LogP contribution in [0.3, 0.4) is 0 Å². The molecule has 0 aliphatic rings. The second-order valence-electron chi connectivity index (χ2n) is 4.02. The number of nitrogens with zero attached hydrogens (tertiary/aromatic N) is 1. The van der Waals surface area contributed by atoms with Gasteiger partial charge in [0.2, 0.25) is 5.52 Å². The molecule has 0 heterocycles. The van der Waals surface area contributed by atoms with Gasteiger partial charge in [-0.15, -0.1) is 0 Å². The van der Waals surface area contributed by atoms with E-state index >= 15 is 0 Å². The number of hydrogen-bond donors (Lipinski definition) is 4. The van der Waals surface area contributed by atoms with Crippen molar-refractivity contribution in [2.24, 2.45) is 0 Å². The first kappa shape index (κ1) is 20.2. The van der Waals surface area contributed by atoms with Gasteiger partial charge in [-0.05, 0) is 27.7 Å². The zero-order valence-corrected chi connectivity index (χ0v) is 13.7. The zero-order chi connectivity index (χ0) is 16.1. The highest BCUT2D eigenvalue weighted by atomic mass is 31.2. The van der Waals surface area contributed by atoms with Crippen molar-refractivity contribution < 1.29 is 38.2 Å². The molecule has 0 aliphatic heterocycles. The van der Waals surface area contributed by atoms with Gasteiger partial charge >= 0.3 is 15.2 Å². The normalized spacial score (nSPS) is 18.1. The van der Waals surface area contributed by atoms with Crippen LogP contribution >= 0.6 is 15.2 Å². The van der Waals surface area contributed by atoms with E-state index in [0.29, 0.717) is 4.90 Å². The van der Waals surface area contributed by atoms with E-state index in [1.165, 1.54) is 27.7 Å². The molecule has 0 aromatic rings. The van der Waals surface area contributed by atoms with Gasteiger partial charge in [-0.1, -0.05) is 0 Å². The first-order valence-corrected chi connectivity index (χ1v) is 9.38. The molecule has 3 atom stereocenters. The fourth-order valence-electron chi connectivity index (χ4n) is 1.75. The van der Waals surface area contributed by atoms with Crippen molar-refractivity contribution in [2.45, 2.75) is 45.7 Å². The van der Waals surface area contributed by atoms with E-state index in [0.717, 1.165) is 0 Å². The molecule has 0 spiro atoms. The van der Waals surface area contributed by atoms with Crippen LogP contribution < -0.4 is 0 Å². The Hall–Kier alpha value is 0.180. The Kier molecular flexibility index (Phi) is 8.05. The second kappa shape index (κ2) is 7.98.